The van der Waals surface area contributed by atoms with Crippen LogP contribution in [0, 0.1) is 29.1 Å². The molecule has 0 amide bonds. The Morgan fingerprint density at radius 3 is 2.52 bits per heavy atom. The van der Waals surface area contributed by atoms with Gasteiger partial charge in [-0.1, -0.05) is 37.3 Å². The van der Waals surface area contributed by atoms with Gasteiger partial charge in [0.15, 0.2) is 9.84 Å². The van der Waals surface area contributed by atoms with Crippen molar-refractivity contribution in [2.45, 2.75) is 36.8 Å². The molecule has 120 valence electrons. The van der Waals surface area contributed by atoms with Crippen LogP contribution in [-0.4, -0.2) is 19.5 Å². The number of carbonyl (C=O) groups excluding carboxylic acids is 1. The quantitative estimate of drug-likeness (QED) is 0.633. The minimum absolute atomic E-state index is 0.0648. The number of hydrogen-bond acceptors (Lipinski definition) is 3. The molecule has 0 heterocycles. The normalized spacial score (nSPS) is 36.0. The lowest BCUT2D eigenvalue weighted by molar-refractivity contribution is -0.142. The first-order valence-electron chi connectivity index (χ1n) is 7.72. The second-order valence-corrected chi connectivity index (χ2v) is 9.20. The molecule has 0 aliphatic heterocycles. The zero-order valence-corrected chi connectivity index (χ0v) is 14.1. The van der Waals surface area contributed by atoms with Gasteiger partial charge in [-0.15, -0.1) is 12.3 Å². The largest absolute Gasteiger partial charge is 0.298 e. The highest BCUT2D eigenvalue weighted by Gasteiger charge is 2.60. The fourth-order valence-corrected chi connectivity index (χ4v) is 6.37. The number of terminal acetylenes is 1. The standard InChI is InChI=1S/C19H20O3S/c1-4-11-19(3)15-10-12-18(2,17(19)20)13-16(15)23(21,22)14-8-6-5-7-9-14/h1,5-10,12,15-16H,11,13H2,2-3H3/t15-,16-,18+,19-/m1/s1. The zero-order valence-electron chi connectivity index (χ0n) is 13.3. The summed E-state index contributed by atoms with van der Waals surface area (Å²) in [5, 5.41) is -0.615. The molecule has 0 N–H and O–H groups in total. The summed E-state index contributed by atoms with van der Waals surface area (Å²) in [6.45, 7) is 3.64. The van der Waals surface area contributed by atoms with E-state index < -0.39 is 25.9 Å². The van der Waals surface area contributed by atoms with Crippen molar-refractivity contribution in [2.24, 2.45) is 16.7 Å². The molecule has 1 aromatic carbocycles. The Morgan fingerprint density at radius 1 is 1.26 bits per heavy atom. The highest BCUT2D eigenvalue weighted by Crippen LogP contribution is 2.56. The molecule has 0 unspecified atom stereocenters. The topological polar surface area (TPSA) is 51.2 Å². The maximum Gasteiger partial charge on any atom is 0.181 e. The number of sulfone groups is 1. The Kier molecular flexibility index (Phi) is 3.53. The lowest BCUT2D eigenvalue weighted by Gasteiger charge is -2.52. The van der Waals surface area contributed by atoms with Crippen LogP contribution in [0.2, 0.25) is 0 Å². The van der Waals surface area contributed by atoms with Gasteiger partial charge in [0.25, 0.3) is 0 Å². The number of benzene rings is 1. The van der Waals surface area contributed by atoms with Crippen LogP contribution in [-0.2, 0) is 14.6 Å². The van der Waals surface area contributed by atoms with E-state index in [1.54, 1.807) is 30.3 Å². The van der Waals surface area contributed by atoms with E-state index in [-0.39, 0.29) is 18.1 Å². The average molecular weight is 328 g/mol. The summed E-state index contributed by atoms with van der Waals surface area (Å²) in [5.74, 6) is 2.26. The maximum atomic E-state index is 13.1. The van der Waals surface area contributed by atoms with E-state index in [1.165, 1.54) is 0 Å². The van der Waals surface area contributed by atoms with Crippen LogP contribution in [0.1, 0.15) is 26.7 Å². The van der Waals surface area contributed by atoms with E-state index in [4.69, 9.17) is 6.42 Å². The van der Waals surface area contributed by atoms with Crippen molar-refractivity contribution in [3.8, 4) is 12.3 Å². The molecule has 0 aromatic heterocycles. The van der Waals surface area contributed by atoms with Gasteiger partial charge in [0, 0.05) is 23.2 Å². The van der Waals surface area contributed by atoms with Gasteiger partial charge in [0.1, 0.15) is 5.78 Å². The van der Waals surface area contributed by atoms with Gasteiger partial charge in [-0.05, 0) is 25.5 Å². The van der Waals surface area contributed by atoms with Crippen LogP contribution in [0.4, 0.5) is 0 Å². The first-order chi connectivity index (χ1) is 10.8. The zero-order chi connectivity index (χ0) is 16.9. The molecule has 0 spiro atoms. The van der Waals surface area contributed by atoms with Crippen molar-refractivity contribution in [1.29, 1.82) is 0 Å². The predicted octanol–water partition coefficient (Wildman–Crippen LogP) is 3.02. The SMILES string of the molecule is C#CC[C@@]1(C)C(=O)[C@@]2(C)C=C[C@@H]1[C@H](S(=O)(=O)c1ccccc1)C2. The molecule has 3 aliphatic carbocycles. The molecular formula is C19H20O3S. The van der Waals surface area contributed by atoms with E-state index in [2.05, 4.69) is 5.92 Å². The molecule has 1 aromatic rings. The Morgan fingerprint density at radius 2 is 1.91 bits per heavy atom. The lowest BCUT2D eigenvalue weighted by Crippen LogP contribution is -2.58. The number of ketones is 1. The van der Waals surface area contributed by atoms with Crippen molar-refractivity contribution in [3.63, 3.8) is 0 Å². The van der Waals surface area contributed by atoms with Crippen molar-refractivity contribution in [3.05, 3.63) is 42.5 Å². The number of allylic oxidation sites excluding steroid dienone is 2. The van der Waals surface area contributed by atoms with Crippen molar-refractivity contribution in [2.75, 3.05) is 0 Å². The highest BCUT2D eigenvalue weighted by atomic mass is 32.2. The maximum absolute atomic E-state index is 13.1. The number of hydrogen-bond donors (Lipinski definition) is 0. The van der Waals surface area contributed by atoms with Crippen LogP contribution in [0.5, 0.6) is 0 Å². The van der Waals surface area contributed by atoms with Crippen LogP contribution >= 0.6 is 0 Å². The molecule has 4 rings (SSSR count). The average Bonchev–Trinajstić information content (AvgIpc) is 2.53. The van der Waals surface area contributed by atoms with Crippen LogP contribution in [0.15, 0.2) is 47.4 Å². The number of carbonyl (C=O) groups is 1. The molecule has 0 saturated heterocycles. The summed E-state index contributed by atoms with van der Waals surface area (Å²) in [6, 6.07) is 8.46. The Labute approximate surface area is 137 Å². The third-order valence-electron chi connectivity index (χ3n) is 5.41. The Hall–Kier alpha value is -1.86. The molecule has 2 bridgehead atoms. The number of fused-ring (bicyclic) bond motifs is 2. The van der Waals surface area contributed by atoms with Gasteiger partial charge in [-0.2, -0.15) is 0 Å². The molecular weight excluding hydrogens is 308 g/mol. The van der Waals surface area contributed by atoms with Crippen LogP contribution in [0.25, 0.3) is 0 Å². The van der Waals surface area contributed by atoms with Gasteiger partial charge >= 0.3 is 0 Å². The number of Topliss-reactive ketones (excluding diaryl/α,β-unsaturated/α-hetero) is 1. The molecule has 1 saturated carbocycles. The third-order valence-corrected chi connectivity index (χ3v) is 7.60. The van der Waals surface area contributed by atoms with Crippen molar-refractivity contribution >= 4 is 15.6 Å². The molecule has 3 aliphatic rings. The minimum atomic E-state index is -3.52. The van der Waals surface area contributed by atoms with Gasteiger partial charge in [0.05, 0.1) is 10.1 Å². The molecule has 1 fully saturated rings. The van der Waals surface area contributed by atoms with Crippen molar-refractivity contribution < 1.29 is 13.2 Å². The van der Waals surface area contributed by atoms with Gasteiger partial charge in [-0.25, -0.2) is 8.42 Å². The molecule has 3 nitrogen and oxygen atoms in total. The first kappa shape index (κ1) is 16.0. The summed E-state index contributed by atoms with van der Waals surface area (Å²) in [5.41, 5.74) is -1.57. The van der Waals surface area contributed by atoms with E-state index in [0.717, 1.165) is 0 Å². The smallest absolute Gasteiger partial charge is 0.181 e. The van der Waals surface area contributed by atoms with Crippen LogP contribution in [0.3, 0.4) is 0 Å². The summed E-state index contributed by atoms with van der Waals surface area (Å²) in [6.07, 6.45) is 9.82. The molecule has 4 atom stereocenters. The number of rotatable bonds is 3. The second kappa shape index (κ2) is 5.07. The Balaban J connectivity index is 2.12. The van der Waals surface area contributed by atoms with E-state index in [0.29, 0.717) is 11.3 Å². The summed E-state index contributed by atoms with van der Waals surface area (Å²) >= 11 is 0. The fraction of sp³-hybridized carbons (Fsp3) is 0.421. The van der Waals surface area contributed by atoms with Gasteiger partial charge in [-0.3, -0.25) is 4.79 Å². The fourth-order valence-electron chi connectivity index (χ4n) is 4.15. The summed E-state index contributed by atoms with van der Waals surface area (Å²) < 4.78 is 26.2. The molecule has 0 radical (unpaired) electrons. The lowest BCUT2D eigenvalue weighted by atomic mass is 9.52. The Bertz CT molecular complexity index is 816. The monoisotopic (exact) mass is 328 g/mol. The van der Waals surface area contributed by atoms with E-state index >= 15 is 0 Å². The van der Waals surface area contributed by atoms with Gasteiger partial charge in [0.2, 0.25) is 0 Å². The highest BCUT2D eigenvalue weighted by molar-refractivity contribution is 7.92. The predicted molar refractivity (Wildman–Crippen MR) is 89.3 cm³/mol. The first-order valence-corrected chi connectivity index (χ1v) is 9.27. The minimum Gasteiger partial charge on any atom is -0.298 e. The molecule has 4 heteroatoms. The summed E-state index contributed by atoms with van der Waals surface area (Å²) in [4.78, 5) is 13.2. The van der Waals surface area contributed by atoms with E-state index in [1.807, 2.05) is 26.0 Å². The summed E-state index contributed by atoms with van der Waals surface area (Å²) in [7, 11) is -3.52. The molecule has 23 heavy (non-hydrogen) atoms. The van der Waals surface area contributed by atoms with Crippen molar-refractivity contribution in [1.82, 2.24) is 0 Å². The van der Waals surface area contributed by atoms with E-state index in [9.17, 15) is 13.2 Å². The van der Waals surface area contributed by atoms with Gasteiger partial charge < -0.3 is 0 Å². The van der Waals surface area contributed by atoms with Crippen LogP contribution < -0.4 is 0 Å². The second-order valence-electron chi connectivity index (χ2n) is 7.03. The third kappa shape index (κ3) is 2.18.